The van der Waals surface area contributed by atoms with Crippen molar-refractivity contribution in [3.05, 3.63) is 71.3 Å². The summed E-state index contributed by atoms with van der Waals surface area (Å²) >= 11 is 0. The van der Waals surface area contributed by atoms with Gasteiger partial charge in [-0.05, 0) is 18.4 Å². The van der Waals surface area contributed by atoms with Gasteiger partial charge >= 0.3 is 0 Å². The molecule has 0 heterocycles. The van der Waals surface area contributed by atoms with Crippen LogP contribution < -0.4 is 0 Å². The number of aryl methyl sites for hydroxylation is 1. The molecule has 0 saturated carbocycles. The van der Waals surface area contributed by atoms with Crippen molar-refractivity contribution in [2.75, 3.05) is 6.67 Å². The molecule has 0 aliphatic rings. The van der Waals surface area contributed by atoms with Crippen LogP contribution in [0.15, 0.2) is 54.6 Å². The van der Waals surface area contributed by atoms with Gasteiger partial charge in [0.25, 0.3) is 0 Å². The van der Waals surface area contributed by atoms with E-state index in [2.05, 4.69) is 0 Å². The fraction of sp³-hybridized carbons (Fsp3) is 0.188. The average Bonchev–Trinajstić information content (AvgIpc) is 2.46. The van der Waals surface area contributed by atoms with Gasteiger partial charge in [-0.2, -0.15) is 0 Å². The van der Waals surface area contributed by atoms with Crippen LogP contribution in [0.25, 0.3) is 0 Å². The average molecular weight is 242 g/mol. The predicted molar refractivity (Wildman–Crippen MR) is 70.6 cm³/mol. The van der Waals surface area contributed by atoms with Gasteiger partial charge in [0.2, 0.25) is 0 Å². The van der Waals surface area contributed by atoms with Crippen molar-refractivity contribution in [3.63, 3.8) is 0 Å². The molecule has 0 unspecified atom stereocenters. The lowest BCUT2D eigenvalue weighted by Gasteiger charge is -2.03. The molecule has 0 atom stereocenters. The molecule has 0 radical (unpaired) electrons. The smallest absolute Gasteiger partial charge is 0.193 e. The molecule has 1 nitrogen and oxygen atoms in total. The maximum Gasteiger partial charge on any atom is 0.193 e. The Balaban J connectivity index is 2.12. The number of hydrogen-bond donors (Lipinski definition) is 0. The summed E-state index contributed by atoms with van der Waals surface area (Å²) in [4.78, 5) is 12.1. The first-order valence-electron chi connectivity index (χ1n) is 6.06. The Morgan fingerprint density at radius 3 is 2.11 bits per heavy atom. The van der Waals surface area contributed by atoms with Crippen LogP contribution in [0.2, 0.25) is 0 Å². The maximum absolute atomic E-state index is 12.1. The molecular formula is C16H15FO. The number of alkyl halides is 1. The first-order chi connectivity index (χ1) is 8.81. The molecule has 2 aromatic rings. The summed E-state index contributed by atoms with van der Waals surface area (Å²) in [5, 5.41) is 0. The van der Waals surface area contributed by atoms with E-state index in [1.807, 2.05) is 42.5 Å². The third-order valence-electron chi connectivity index (χ3n) is 2.85. The van der Waals surface area contributed by atoms with E-state index >= 15 is 0 Å². The first-order valence-corrected chi connectivity index (χ1v) is 6.06. The van der Waals surface area contributed by atoms with Crippen molar-refractivity contribution in [1.82, 2.24) is 0 Å². The highest BCUT2D eigenvalue weighted by atomic mass is 19.1. The molecule has 0 aromatic heterocycles. The van der Waals surface area contributed by atoms with Crippen molar-refractivity contribution in [2.24, 2.45) is 0 Å². The highest BCUT2D eigenvalue weighted by molar-refractivity contribution is 6.08. The van der Waals surface area contributed by atoms with E-state index in [9.17, 15) is 9.18 Å². The van der Waals surface area contributed by atoms with Gasteiger partial charge in [0, 0.05) is 11.1 Å². The van der Waals surface area contributed by atoms with E-state index in [1.165, 1.54) is 0 Å². The lowest BCUT2D eigenvalue weighted by atomic mass is 10.0. The molecule has 0 saturated heterocycles. The van der Waals surface area contributed by atoms with Gasteiger partial charge in [-0.1, -0.05) is 54.6 Å². The highest BCUT2D eigenvalue weighted by Gasteiger charge is 2.07. The molecule has 18 heavy (non-hydrogen) atoms. The maximum atomic E-state index is 12.1. The Bertz CT molecular complexity index is 502. The highest BCUT2D eigenvalue weighted by Crippen LogP contribution is 2.12. The normalized spacial score (nSPS) is 10.3. The van der Waals surface area contributed by atoms with Crippen LogP contribution in [0.3, 0.4) is 0 Å². The van der Waals surface area contributed by atoms with E-state index in [0.29, 0.717) is 17.5 Å². The number of halogens is 1. The summed E-state index contributed by atoms with van der Waals surface area (Å²) in [7, 11) is 0. The number of benzene rings is 2. The zero-order chi connectivity index (χ0) is 12.8. The van der Waals surface area contributed by atoms with Crippen LogP contribution >= 0.6 is 0 Å². The molecule has 2 heteroatoms. The molecule has 92 valence electrons. The van der Waals surface area contributed by atoms with Crippen LogP contribution in [-0.4, -0.2) is 12.5 Å². The van der Waals surface area contributed by atoms with E-state index < -0.39 is 0 Å². The summed E-state index contributed by atoms with van der Waals surface area (Å²) < 4.78 is 12.1. The lowest BCUT2D eigenvalue weighted by molar-refractivity contribution is 0.103. The number of carbonyl (C=O) groups excluding carboxylic acids is 1. The van der Waals surface area contributed by atoms with Crippen molar-refractivity contribution < 1.29 is 9.18 Å². The molecule has 2 aromatic carbocycles. The summed E-state index contributed by atoms with van der Waals surface area (Å²) in [6.07, 6.45) is 1.25. The lowest BCUT2D eigenvalue weighted by Crippen LogP contribution is -2.01. The van der Waals surface area contributed by atoms with Gasteiger partial charge in [-0.15, -0.1) is 0 Å². The molecule has 0 aliphatic heterocycles. The number of hydrogen-bond acceptors (Lipinski definition) is 1. The molecule has 0 fully saturated rings. The Hall–Kier alpha value is -1.96. The van der Waals surface area contributed by atoms with Crippen LogP contribution in [0.1, 0.15) is 27.9 Å². The summed E-state index contributed by atoms with van der Waals surface area (Å²) in [6, 6.07) is 16.6. The second-order valence-corrected chi connectivity index (χ2v) is 4.18. The van der Waals surface area contributed by atoms with Gasteiger partial charge in [0.1, 0.15) is 0 Å². The van der Waals surface area contributed by atoms with Gasteiger partial charge in [-0.25, -0.2) is 0 Å². The molecule has 2 rings (SSSR count). The van der Waals surface area contributed by atoms with Crippen molar-refractivity contribution in [2.45, 2.75) is 12.8 Å². The second kappa shape index (κ2) is 6.10. The zero-order valence-electron chi connectivity index (χ0n) is 10.1. The largest absolute Gasteiger partial charge is 0.289 e. The van der Waals surface area contributed by atoms with E-state index in [-0.39, 0.29) is 12.5 Å². The van der Waals surface area contributed by atoms with Crippen molar-refractivity contribution in [3.8, 4) is 0 Å². The van der Waals surface area contributed by atoms with Gasteiger partial charge < -0.3 is 0 Å². The second-order valence-electron chi connectivity index (χ2n) is 4.18. The third-order valence-corrected chi connectivity index (χ3v) is 2.85. The monoisotopic (exact) mass is 242 g/mol. The molecule has 0 N–H and O–H groups in total. The van der Waals surface area contributed by atoms with Crippen LogP contribution in [0, 0.1) is 0 Å². The standard InChI is InChI=1S/C16H15FO/c17-12-4-5-13-8-10-15(11-9-13)16(18)14-6-2-1-3-7-14/h1-3,6-11H,4-5,12H2. The minimum Gasteiger partial charge on any atom is -0.289 e. The fourth-order valence-corrected chi connectivity index (χ4v) is 1.85. The Kier molecular flexibility index (Phi) is 4.24. The van der Waals surface area contributed by atoms with Crippen molar-refractivity contribution in [1.29, 1.82) is 0 Å². The quantitative estimate of drug-likeness (QED) is 0.728. The molecule has 0 bridgehead atoms. The van der Waals surface area contributed by atoms with E-state index in [4.69, 9.17) is 0 Å². The first kappa shape index (κ1) is 12.5. The molecule has 0 spiro atoms. The van der Waals surface area contributed by atoms with E-state index in [0.717, 1.165) is 12.0 Å². The zero-order valence-corrected chi connectivity index (χ0v) is 10.1. The minimum absolute atomic E-state index is 0.0210. The fourth-order valence-electron chi connectivity index (χ4n) is 1.85. The van der Waals surface area contributed by atoms with Crippen molar-refractivity contribution >= 4 is 5.78 Å². The molecular weight excluding hydrogens is 227 g/mol. The van der Waals surface area contributed by atoms with Crippen LogP contribution in [0.4, 0.5) is 4.39 Å². The number of ketones is 1. The van der Waals surface area contributed by atoms with Crippen LogP contribution in [-0.2, 0) is 6.42 Å². The van der Waals surface area contributed by atoms with Crippen LogP contribution in [0.5, 0.6) is 0 Å². The van der Waals surface area contributed by atoms with Gasteiger partial charge in [0.05, 0.1) is 6.67 Å². The van der Waals surface area contributed by atoms with Gasteiger partial charge in [-0.3, -0.25) is 9.18 Å². The molecule has 0 aliphatic carbocycles. The number of rotatable bonds is 5. The summed E-state index contributed by atoms with van der Waals surface area (Å²) in [5.74, 6) is 0.0210. The summed E-state index contributed by atoms with van der Waals surface area (Å²) in [6.45, 7) is -0.301. The topological polar surface area (TPSA) is 17.1 Å². The Morgan fingerprint density at radius 2 is 1.50 bits per heavy atom. The summed E-state index contributed by atoms with van der Waals surface area (Å²) in [5.41, 5.74) is 2.43. The minimum atomic E-state index is -0.301. The van der Waals surface area contributed by atoms with Gasteiger partial charge in [0.15, 0.2) is 5.78 Å². The number of carbonyl (C=O) groups is 1. The predicted octanol–water partition coefficient (Wildman–Crippen LogP) is 3.82. The van der Waals surface area contributed by atoms with E-state index in [1.54, 1.807) is 12.1 Å². The molecule has 0 amide bonds. The Morgan fingerprint density at radius 1 is 0.889 bits per heavy atom. The Labute approximate surface area is 106 Å². The SMILES string of the molecule is O=C(c1ccccc1)c1ccc(CCCF)cc1. The third kappa shape index (κ3) is 3.04.